The average Bonchev–Trinajstić information content (AvgIpc) is 3.09. The summed E-state index contributed by atoms with van der Waals surface area (Å²) in [5.74, 6) is -1.57. The lowest BCUT2D eigenvalue weighted by molar-refractivity contribution is -0.154. The number of nitrogens with one attached hydrogen (secondary N) is 2. The number of rotatable bonds is 8. The standard InChI is InChI=1S/C18H23N3O6/c1-12(2)16(20-14(22)10-26-13-6-4-3-5-7-13)17(24)27-11-15(23)21-9-8-19-18(21)25/h3-7,12,16H,8-11H2,1-2H3,(H,19,25)(H,20,22)/t16-/m0/s1. The molecule has 9 nitrogen and oxygen atoms in total. The fourth-order valence-electron chi connectivity index (χ4n) is 2.39. The zero-order valence-corrected chi connectivity index (χ0v) is 15.3. The second-order valence-corrected chi connectivity index (χ2v) is 6.28. The van der Waals surface area contributed by atoms with Crippen LogP contribution in [0.1, 0.15) is 13.8 Å². The van der Waals surface area contributed by atoms with Gasteiger partial charge in [-0.15, -0.1) is 0 Å². The molecule has 0 saturated carbocycles. The highest BCUT2D eigenvalue weighted by Gasteiger charge is 2.30. The van der Waals surface area contributed by atoms with Gasteiger partial charge in [0.25, 0.3) is 11.8 Å². The van der Waals surface area contributed by atoms with E-state index in [0.717, 1.165) is 4.90 Å². The van der Waals surface area contributed by atoms with E-state index in [-0.39, 0.29) is 19.1 Å². The van der Waals surface area contributed by atoms with E-state index in [4.69, 9.17) is 9.47 Å². The SMILES string of the molecule is CC(C)[C@H](NC(=O)COc1ccccc1)C(=O)OCC(=O)N1CCNC1=O. The van der Waals surface area contributed by atoms with Gasteiger partial charge in [-0.05, 0) is 18.1 Å². The van der Waals surface area contributed by atoms with Crippen LogP contribution in [0, 0.1) is 5.92 Å². The monoisotopic (exact) mass is 377 g/mol. The molecular weight excluding hydrogens is 354 g/mol. The van der Waals surface area contributed by atoms with Gasteiger partial charge in [-0.1, -0.05) is 32.0 Å². The number of hydrogen-bond acceptors (Lipinski definition) is 6. The normalized spacial score (nSPS) is 14.5. The molecule has 1 aliphatic heterocycles. The van der Waals surface area contributed by atoms with Crippen LogP contribution in [0.5, 0.6) is 5.75 Å². The number of esters is 1. The molecule has 0 bridgehead atoms. The Morgan fingerprint density at radius 3 is 2.48 bits per heavy atom. The van der Waals surface area contributed by atoms with Crippen LogP contribution in [0.3, 0.4) is 0 Å². The van der Waals surface area contributed by atoms with E-state index < -0.39 is 36.5 Å². The van der Waals surface area contributed by atoms with E-state index in [2.05, 4.69) is 10.6 Å². The van der Waals surface area contributed by atoms with E-state index in [1.807, 2.05) is 6.07 Å². The van der Waals surface area contributed by atoms with Gasteiger partial charge in [-0.25, -0.2) is 9.59 Å². The summed E-state index contributed by atoms with van der Waals surface area (Å²) in [7, 11) is 0. The number of carbonyl (C=O) groups is 4. The van der Waals surface area contributed by atoms with E-state index >= 15 is 0 Å². The van der Waals surface area contributed by atoms with Crippen molar-refractivity contribution >= 4 is 23.8 Å². The molecule has 4 amide bonds. The molecule has 0 radical (unpaired) electrons. The van der Waals surface area contributed by atoms with Crippen LogP contribution in [0.2, 0.25) is 0 Å². The lowest BCUT2D eigenvalue weighted by Gasteiger charge is -2.21. The van der Waals surface area contributed by atoms with E-state index in [1.165, 1.54) is 0 Å². The van der Waals surface area contributed by atoms with Gasteiger partial charge in [-0.2, -0.15) is 0 Å². The molecule has 1 atom stereocenters. The Kier molecular flexibility index (Phi) is 7.16. The van der Waals surface area contributed by atoms with Crippen LogP contribution in [0.15, 0.2) is 30.3 Å². The van der Waals surface area contributed by atoms with Crippen LogP contribution in [0.4, 0.5) is 4.79 Å². The molecule has 1 aromatic carbocycles. The zero-order chi connectivity index (χ0) is 19.8. The smallest absolute Gasteiger partial charge is 0.329 e. The minimum atomic E-state index is -0.933. The summed E-state index contributed by atoms with van der Waals surface area (Å²) in [5.41, 5.74) is 0. The van der Waals surface area contributed by atoms with Crippen molar-refractivity contribution in [1.29, 1.82) is 0 Å². The maximum Gasteiger partial charge on any atom is 0.329 e. The summed E-state index contributed by atoms with van der Waals surface area (Å²) in [6, 6.07) is 7.35. The van der Waals surface area contributed by atoms with Crippen LogP contribution >= 0.6 is 0 Å². The summed E-state index contributed by atoms with van der Waals surface area (Å²) in [6.07, 6.45) is 0. The number of urea groups is 1. The Hall–Kier alpha value is -3.10. The Morgan fingerprint density at radius 2 is 1.89 bits per heavy atom. The number of nitrogens with zero attached hydrogens (tertiary/aromatic N) is 1. The number of para-hydroxylation sites is 1. The molecule has 0 spiro atoms. The third kappa shape index (κ3) is 5.98. The Balaban J connectivity index is 1.82. The Morgan fingerprint density at radius 1 is 1.19 bits per heavy atom. The third-order valence-electron chi connectivity index (χ3n) is 3.85. The van der Waals surface area contributed by atoms with Gasteiger partial charge in [0.1, 0.15) is 11.8 Å². The lowest BCUT2D eigenvalue weighted by Crippen LogP contribution is -2.48. The van der Waals surface area contributed by atoms with Crippen molar-refractivity contribution in [3.8, 4) is 5.75 Å². The van der Waals surface area contributed by atoms with Gasteiger partial charge in [0.2, 0.25) is 0 Å². The number of amides is 4. The molecule has 1 aromatic rings. The topological polar surface area (TPSA) is 114 Å². The number of hydrogen-bond donors (Lipinski definition) is 2. The predicted octanol–water partition coefficient (Wildman–Crippen LogP) is 0.301. The molecule has 0 aliphatic carbocycles. The second kappa shape index (κ2) is 9.56. The summed E-state index contributed by atoms with van der Waals surface area (Å²) >= 11 is 0. The van der Waals surface area contributed by atoms with E-state index in [9.17, 15) is 19.2 Å². The average molecular weight is 377 g/mol. The maximum atomic E-state index is 12.2. The van der Waals surface area contributed by atoms with Crippen molar-refractivity contribution in [2.45, 2.75) is 19.9 Å². The van der Waals surface area contributed by atoms with Crippen LogP contribution < -0.4 is 15.4 Å². The number of ether oxygens (including phenoxy) is 2. The zero-order valence-electron chi connectivity index (χ0n) is 15.3. The Bertz CT molecular complexity index is 692. The fraction of sp³-hybridized carbons (Fsp3) is 0.444. The molecule has 146 valence electrons. The summed E-state index contributed by atoms with van der Waals surface area (Å²) in [4.78, 5) is 48.6. The summed E-state index contributed by atoms with van der Waals surface area (Å²) in [5, 5.41) is 5.03. The first-order valence-electron chi connectivity index (χ1n) is 8.60. The van der Waals surface area contributed by atoms with Gasteiger partial charge >= 0.3 is 12.0 Å². The molecule has 1 saturated heterocycles. The largest absolute Gasteiger partial charge is 0.484 e. The van der Waals surface area contributed by atoms with Gasteiger partial charge in [0, 0.05) is 13.1 Å². The van der Waals surface area contributed by atoms with Crippen LogP contribution in [0.25, 0.3) is 0 Å². The molecule has 1 fully saturated rings. The van der Waals surface area contributed by atoms with E-state index in [1.54, 1.807) is 38.1 Å². The second-order valence-electron chi connectivity index (χ2n) is 6.28. The molecule has 1 heterocycles. The highest BCUT2D eigenvalue weighted by Crippen LogP contribution is 2.09. The van der Waals surface area contributed by atoms with Gasteiger partial charge in [-0.3, -0.25) is 14.5 Å². The third-order valence-corrected chi connectivity index (χ3v) is 3.85. The first-order chi connectivity index (χ1) is 12.9. The summed E-state index contributed by atoms with van der Waals surface area (Å²) < 4.78 is 10.3. The van der Waals surface area contributed by atoms with Gasteiger partial charge < -0.3 is 20.1 Å². The van der Waals surface area contributed by atoms with Crippen LogP contribution in [-0.4, -0.2) is 61.1 Å². The molecule has 0 unspecified atom stereocenters. The van der Waals surface area contributed by atoms with Crippen molar-refractivity contribution in [2.75, 3.05) is 26.3 Å². The molecule has 9 heteroatoms. The van der Waals surface area contributed by atoms with Crippen molar-refractivity contribution in [2.24, 2.45) is 5.92 Å². The molecule has 27 heavy (non-hydrogen) atoms. The molecule has 2 rings (SSSR count). The first kappa shape index (κ1) is 20.2. The number of imide groups is 1. The van der Waals surface area contributed by atoms with E-state index in [0.29, 0.717) is 12.3 Å². The lowest BCUT2D eigenvalue weighted by atomic mass is 10.0. The Labute approximate surface area is 157 Å². The molecule has 2 N–H and O–H groups in total. The maximum absolute atomic E-state index is 12.2. The van der Waals surface area contributed by atoms with Crippen LogP contribution in [-0.2, 0) is 19.1 Å². The highest BCUT2D eigenvalue weighted by atomic mass is 16.5. The molecule has 1 aliphatic rings. The fourth-order valence-corrected chi connectivity index (χ4v) is 2.39. The molecular formula is C18H23N3O6. The minimum absolute atomic E-state index is 0.233. The summed E-state index contributed by atoms with van der Waals surface area (Å²) in [6.45, 7) is 3.25. The number of carbonyl (C=O) groups excluding carboxylic acids is 4. The first-order valence-corrected chi connectivity index (χ1v) is 8.60. The van der Waals surface area contributed by atoms with Crippen molar-refractivity contribution < 1.29 is 28.7 Å². The number of benzene rings is 1. The molecule has 0 aromatic heterocycles. The van der Waals surface area contributed by atoms with Gasteiger partial charge in [0.05, 0.1) is 0 Å². The predicted molar refractivity (Wildman–Crippen MR) is 94.8 cm³/mol. The van der Waals surface area contributed by atoms with Crippen molar-refractivity contribution in [3.05, 3.63) is 30.3 Å². The minimum Gasteiger partial charge on any atom is -0.484 e. The van der Waals surface area contributed by atoms with Crippen molar-refractivity contribution in [1.82, 2.24) is 15.5 Å². The van der Waals surface area contributed by atoms with Crippen molar-refractivity contribution in [3.63, 3.8) is 0 Å². The van der Waals surface area contributed by atoms with Gasteiger partial charge in [0.15, 0.2) is 13.2 Å². The highest BCUT2D eigenvalue weighted by molar-refractivity contribution is 5.97. The quantitative estimate of drug-likeness (QED) is 0.630.